The van der Waals surface area contributed by atoms with Crippen LogP contribution in [0.15, 0.2) is 0 Å². The molecule has 0 amide bonds. The van der Waals surface area contributed by atoms with Crippen LogP contribution in [0.4, 0.5) is 5.95 Å². The molecule has 3 heterocycles. The molecule has 0 aromatic carbocycles. The van der Waals surface area contributed by atoms with Gasteiger partial charge in [0.25, 0.3) is 0 Å². The lowest BCUT2D eigenvalue weighted by Crippen LogP contribution is -2.30. The lowest BCUT2D eigenvalue weighted by Gasteiger charge is -2.24. The van der Waals surface area contributed by atoms with Gasteiger partial charge in [-0.1, -0.05) is 24.4 Å². The first kappa shape index (κ1) is 12.2. The molecule has 0 radical (unpaired) electrons. The van der Waals surface area contributed by atoms with Gasteiger partial charge in [-0.05, 0) is 12.8 Å². The summed E-state index contributed by atoms with van der Waals surface area (Å²) in [6.07, 6.45) is 6.07. The topological polar surface area (TPSA) is 41.1 Å². The number of hydrogen-bond acceptors (Lipinski definition) is 4. The van der Waals surface area contributed by atoms with E-state index in [2.05, 4.69) is 15.2 Å². The fraction of sp³-hybridized carbons (Fsp3) is 0.692. The van der Waals surface area contributed by atoms with Crippen molar-refractivity contribution in [3.05, 3.63) is 16.4 Å². The molecule has 0 bridgehead atoms. The van der Waals surface area contributed by atoms with Crippen LogP contribution in [-0.2, 0) is 13.0 Å². The summed E-state index contributed by atoms with van der Waals surface area (Å²) < 4.78 is 0. The van der Waals surface area contributed by atoms with Gasteiger partial charge in [-0.2, -0.15) is 0 Å². The van der Waals surface area contributed by atoms with Crippen molar-refractivity contribution >= 4 is 17.5 Å². The molecule has 18 heavy (non-hydrogen) atoms. The average Bonchev–Trinajstić information content (AvgIpc) is 2.67. The Hall–Kier alpha value is -0.870. The van der Waals surface area contributed by atoms with E-state index in [0.29, 0.717) is 5.15 Å². The van der Waals surface area contributed by atoms with E-state index in [4.69, 9.17) is 16.6 Å². The fourth-order valence-electron chi connectivity index (χ4n) is 2.70. The molecular formula is C13H19ClN4. The standard InChI is InChI=1S/C13H19ClN4/c14-12-10-9-15-6-5-11(10)16-13(17-12)18-7-3-1-2-4-8-18/h15H,1-9H2. The highest BCUT2D eigenvalue weighted by Gasteiger charge is 2.19. The van der Waals surface area contributed by atoms with Gasteiger partial charge in [-0.15, -0.1) is 0 Å². The maximum atomic E-state index is 6.29. The summed E-state index contributed by atoms with van der Waals surface area (Å²) in [5, 5.41) is 3.94. The third-order valence-corrected chi connectivity index (χ3v) is 4.07. The van der Waals surface area contributed by atoms with Crippen molar-refractivity contribution in [1.29, 1.82) is 0 Å². The van der Waals surface area contributed by atoms with E-state index in [9.17, 15) is 0 Å². The summed E-state index contributed by atoms with van der Waals surface area (Å²) in [7, 11) is 0. The molecule has 0 saturated carbocycles. The van der Waals surface area contributed by atoms with E-state index in [1.165, 1.54) is 25.7 Å². The number of fused-ring (bicyclic) bond motifs is 1. The lowest BCUT2D eigenvalue weighted by molar-refractivity contribution is 0.622. The molecule has 98 valence electrons. The first-order valence-corrected chi connectivity index (χ1v) is 7.23. The molecule has 0 atom stereocenters. The van der Waals surface area contributed by atoms with Crippen LogP contribution in [0, 0.1) is 0 Å². The van der Waals surface area contributed by atoms with E-state index in [-0.39, 0.29) is 0 Å². The molecule has 0 unspecified atom stereocenters. The van der Waals surface area contributed by atoms with E-state index in [1.54, 1.807) is 0 Å². The van der Waals surface area contributed by atoms with Crippen molar-refractivity contribution in [2.24, 2.45) is 0 Å². The van der Waals surface area contributed by atoms with Gasteiger partial charge in [0.1, 0.15) is 5.15 Å². The number of halogens is 1. The molecule has 1 saturated heterocycles. The summed E-state index contributed by atoms with van der Waals surface area (Å²) in [4.78, 5) is 11.5. The van der Waals surface area contributed by atoms with Crippen molar-refractivity contribution in [3.8, 4) is 0 Å². The van der Waals surface area contributed by atoms with Crippen molar-refractivity contribution in [2.75, 3.05) is 24.5 Å². The molecule has 1 fully saturated rings. The van der Waals surface area contributed by atoms with Crippen LogP contribution >= 0.6 is 11.6 Å². The van der Waals surface area contributed by atoms with Gasteiger partial charge in [0.15, 0.2) is 0 Å². The van der Waals surface area contributed by atoms with Crippen LogP contribution in [-0.4, -0.2) is 29.6 Å². The van der Waals surface area contributed by atoms with Gasteiger partial charge in [0.2, 0.25) is 5.95 Å². The lowest BCUT2D eigenvalue weighted by atomic mass is 10.1. The minimum atomic E-state index is 0.631. The van der Waals surface area contributed by atoms with Crippen molar-refractivity contribution in [1.82, 2.24) is 15.3 Å². The van der Waals surface area contributed by atoms with E-state index < -0.39 is 0 Å². The van der Waals surface area contributed by atoms with Crippen LogP contribution in [0.5, 0.6) is 0 Å². The minimum Gasteiger partial charge on any atom is -0.341 e. The highest BCUT2D eigenvalue weighted by Crippen LogP contribution is 2.24. The first-order valence-electron chi connectivity index (χ1n) is 6.85. The zero-order chi connectivity index (χ0) is 12.4. The Balaban J connectivity index is 1.89. The van der Waals surface area contributed by atoms with Crippen LogP contribution < -0.4 is 10.2 Å². The number of hydrogen-bond donors (Lipinski definition) is 1. The molecule has 1 N–H and O–H groups in total. The van der Waals surface area contributed by atoms with Gasteiger partial charge in [-0.25, -0.2) is 9.97 Å². The molecule has 4 nitrogen and oxygen atoms in total. The summed E-state index contributed by atoms with van der Waals surface area (Å²) in [5.74, 6) is 0.836. The average molecular weight is 267 g/mol. The summed E-state index contributed by atoms with van der Waals surface area (Å²) in [6, 6.07) is 0. The zero-order valence-corrected chi connectivity index (χ0v) is 11.3. The van der Waals surface area contributed by atoms with Gasteiger partial charge in [0.05, 0.1) is 5.69 Å². The predicted molar refractivity (Wildman–Crippen MR) is 73.1 cm³/mol. The summed E-state index contributed by atoms with van der Waals surface area (Å²) in [5.41, 5.74) is 2.22. The number of aromatic nitrogens is 2. The van der Waals surface area contributed by atoms with Crippen LogP contribution in [0.3, 0.4) is 0 Å². The van der Waals surface area contributed by atoms with E-state index >= 15 is 0 Å². The Bertz CT molecular complexity index is 427. The maximum Gasteiger partial charge on any atom is 0.227 e. The second kappa shape index (κ2) is 5.41. The Morgan fingerprint density at radius 3 is 2.61 bits per heavy atom. The van der Waals surface area contributed by atoms with Crippen molar-refractivity contribution < 1.29 is 0 Å². The Morgan fingerprint density at radius 2 is 1.83 bits per heavy atom. The summed E-state index contributed by atoms with van der Waals surface area (Å²) in [6.45, 7) is 3.91. The third-order valence-electron chi connectivity index (χ3n) is 3.76. The van der Waals surface area contributed by atoms with Gasteiger partial charge in [0, 0.05) is 38.2 Å². The van der Waals surface area contributed by atoms with Crippen LogP contribution in [0.25, 0.3) is 0 Å². The molecule has 2 aliphatic rings. The van der Waals surface area contributed by atoms with Gasteiger partial charge in [-0.3, -0.25) is 0 Å². The van der Waals surface area contributed by atoms with Crippen LogP contribution in [0.1, 0.15) is 36.9 Å². The highest BCUT2D eigenvalue weighted by molar-refractivity contribution is 6.30. The summed E-state index contributed by atoms with van der Waals surface area (Å²) >= 11 is 6.29. The van der Waals surface area contributed by atoms with Crippen molar-refractivity contribution in [2.45, 2.75) is 38.6 Å². The van der Waals surface area contributed by atoms with Crippen molar-refractivity contribution in [3.63, 3.8) is 0 Å². The van der Waals surface area contributed by atoms with E-state index in [1.807, 2.05) is 0 Å². The normalized spacial score (nSPS) is 20.4. The Morgan fingerprint density at radius 1 is 1.06 bits per heavy atom. The van der Waals surface area contributed by atoms with Gasteiger partial charge < -0.3 is 10.2 Å². The maximum absolute atomic E-state index is 6.29. The SMILES string of the molecule is Clc1nc(N2CCCCCC2)nc2c1CNCC2. The monoisotopic (exact) mass is 266 g/mol. The first-order chi connectivity index (χ1) is 8.84. The Labute approximate surface area is 113 Å². The predicted octanol–water partition coefficient (Wildman–Crippen LogP) is 2.16. The number of nitrogens with zero attached hydrogens (tertiary/aromatic N) is 3. The second-order valence-electron chi connectivity index (χ2n) is 5.07. The number of anilines is 1. The third kappa shape index (κ3) is 2.45. The van der Waals surface area contributed by atoms with Crippen LogP contribution in [0.2, 0.25) is 5.15 Å². The zero-order valence-electron chi connectivity index (χ0n) is 10.6. The smallest absolute Gasteiger partial charge is 0.227 e. The molecule has 3 rings (SSSR count). The van der Waals surface area contributed by atoms with Gasteiger partial charge >= 0.3 is 0 Å². The second-order valence-corrected chi connectivity index (χ2v) is 5.43. The highest BCUT2D eigenvalue weighted by atomic mass is 35.5. The molecule has 0 spiro atoms. The minimum absolute atomic E-state index is 0.631. The largest absolute Gasteiger partial charge is 0.341 e. The number of nitrogens with one attached hydrogen (secondary N) is 1. The Kier molecular flexibility index (Phi) is 3.66. The molecule has 1 aromatic heterocycles. The quantitative estimate of drug-likeness (QED) is 0.791. The van der Waals surface area contributed by atoms with E-state index in [0.717, 1.165) is 49.8 Å². The molecule has 0 aliphatic carbocycles. The molecule has 5 heteroatoms. The molecule has 1 aromatic rings. The fourth-order valence-corrected chi connectivity index (χ4v) is 2.95. The number of rotatable bonds is 1. The molecule has 2 aliphatic heterocycles. The molecular weight excluding hydrogens is 248 g/mol.